The predicted molar refractivity (Wildman–Crippen MR) is 117 cm³/mol. The molecule has 166 valence electrons. The molecule has 3 aliphatic rings. The summed E-state index contributed by atoms with van der Waals surface area (Å²) in [6, 6.07) is 6.42. The molecule has 1 aromatic carbocycles. The Labute approximate surface area is 180 Å². The topological polar surface area (TPSA) is 56.8 Å². The van der Waals surface area contributed by atoms with Crippen LogP contribution in [-0.4, -0.2) is 32.3 Å². The molecule has 5 nitrogen and oxygen atoms in total. The van der Waals surface area contributed by atoms with Gasteiger partial charge in [-0.1, -0.05) is 26.8 Å². The molecule has 5 heteroatoms. The zero-order valence-electron chi connectivity index (χ0n) is 19.1. The summed E-state index contributed by atoms with van der Waals surface area (Å²) in [5.41, 5.74) is 1.40. The summed E-state index contributed by atoms with van der Waals surface area (Å²) in [5.74, 6) is 2.76. The lowest BCUT2D eigenvalue weighted by molar-refractivity contribution is -0.137. The molecule has 0 radical (unpaired) electrons. The van der Waals surface area contributed by atoms with E-state index in [1.165, 1.54) is 6.42 Å². The molecule has 1 aromatic rings. The lowest BCUT2D eigenvalue weighted by Gasteiger charge is -2.53. The fourth-order valence-electron chi connectivity index (χ4n) is 6.71. The summed E-state index contributed by atoms with van der Waals surface area (Å²) in [5, 5.41) is 3.47. The van der Waals surface area contributed by atoms with Gasteiger partial charge in [0.1, 0.15) is 0 Å². The Morgan fingerprint density at radius 2 is 2.07 bits per heavy atom. The maximum atomic E-state index is 12.6. The minimum Gasteiger partial charge on any atom is -0.493 e. The van der Waals surface area contributed by atoms with E-state index in [4.69, 9.17) is 14.2 Å². The summed E-state index contributed by atoms with van der Waals surface area (Å²) in [6.45, 7) is 10.1. The van der Waals surface area contributed by atoms with Gasteiger partial charge in [-0.3, -0.25) is 4.79 Å². The first-order chi connectivity index (χ1) is 14.4. The number of amides is 1. The largest absolute Gasteiger partial charge is 0.493 e. The van der Waals surface area contributed by atoms with Gasteiger partial charge < -0.3 is 19.5 Å². The van der Waals surface area contributed by atoms with Crippen LogP contribution in [0.25, 0.3) is 0 Å². The Hall–Kier alpha value is -1.75. The van der Waals surface area contributed by atoms with Crippen molar-refractivity contribution < 1.29 is 19.0 Å². The highest BCUT2D eigenvalue weighted by molar-refractivity contribution is 5.76. The standard InChI is InChI=1S/C25H37NO4/c1-6-8-21(27)26-23-24(3,4)17-14-18-22(30-12-11-25(18,23)15-17)16-9-10-19(29-7-2)20(13-16)28-5/h9-10,13,17-18,22-23H,6-8,11-12,14-15H2,1-5H3,(H,26,27)/t17-,18-,22-,23-,25-/m1/s1. The first-order valence-electron chi connectivity index (χ1n) is 11.6. The van der Waals surface area contributed by atoms with Crippen LogP contribution in [0.1, 0.15) is 71.5 Å². The average molecular weight is 416 g/mol. The fourth-order valence-corrected chi connectivity index (χ4v) is 6.71. The van der Waals surface area contributed by atoms with Gasteiger partial charge in [-0.2, -0.15) is 0 Å². The molecule has 0 unspecified atom stereocenters. The Morgan fingerprint density at radius 3 is 2.77 bits per heavy atom. The average Bonchev–Trinajstić information content (AvgIpc) is 3.21. The molecule has 1 aliphatic heterocycles. The molecule has 2 aliphatic carbocycles. The number of fused-ring (bicyclic) bond motifs is 1. The highest BCUT2D eigenvalue weighted by Crippen LogP contribution is 2.70. The van der Waals surface area contributed by atoms with Gasteiger partial charge in [0.05, 0.1) is 19.8 Å². The molecule has 0 aromatic heterocycles. The molecule has 2 saturated carbocycles. The van der Waals surface area contributed by atoms with Crippen LogP contribution in [-0.2, 0) is 9.53 Å². The van der Waals surface area contributed by atoms with Crippen LogP contribution in [0.2, 0.25) is 0 Å². The Bertz CT molecular complexity index is 791. The Morgan fingerprint density at radius 1 is 1.27 bits per heavy atom. The van der Waals surface area contributed by atoms with Crippen LogP contribution in [0.15, 0.2) is 18.2 Å². The van der Waals surface area contributed by atoms with E-state index in [-0.39, 0.29) is 28.9 Å². The number of nitrogens with one attached hydrogen (secondary N) is 1. The smallest absolute Gasteiger partial charge is 0.220 e. The second-order valence-corrected chi connectivity index (χ2v) is 9.93. The van der Waals surface area contributed by atoms with Crippen molar-refractivity contribution in [3.8, 4) is 11.5 Å². The van der Waals surface area contributed by atoms with Crippen molar-refractivity contribution in [2.45, 2.75) is 71.9 Å². The molecular formula is C25H37NO4. The summed E-state index contributed by atoms with van der Waals surface area (Å²) >= 11 is 0. The zero-order chi connectivity index (χ0) is 21.5. The number of hydrogen-bond donors (Lipinski definition) is 1. The van der Waals surface area contributed by atoms with E-state index in [0.29, 0.717) is 24.9 Å². The predicted octanol–water partition coefficient (Wildman–Crippen LogP) is 4.89. The van der Waals surface area contributed by atoms with E-state index in [2.05, 4.69) is 38.2 Å². The highest BCUT2D eigenvalue weighted by Gasteiger charge is 2.68. The summed E-state index contributed by atoms with van der Waals surface area (Å²) < 4.78 is 17.7. The zero-order valence-corrected chi connectivity index (χ0v) is 19.1. The number of carbonyl (C=O) groups is 1. The van der Waals surface area contributed by atoms with Crippen molar-refractivity contribution in [1.82, 2.24) is 5.32 Å². The molecule has 30 heavy (non-hydrogen) atoms. The lowest BCUT2D eigenvalue weighted by atomic mass is 9.59. The number of carbonyl (C=O) groups excluding carboxylic acids is 1. The maximum Gasteiger partial charge on any atom is 0.220 e. The molecule has 1 heterocycles. The first-order valence-corrected chi connectivity index (χ1v) is 11.6. The quantitative estimate of drug-likeness (QED) is 0.689. The van der Waals surface area contributed by atoms with Crippen molar-refractivity contribution in [2.24, 2.45) is 22.7 Å². The number of hydrogen-bond acceptors (Lipinski definition) is 4. The van der Waals surface area contributed by atoms with Crippen LogP contribution >= 0.6 is 0 Å². The lowest BCUT2D eigenvalue weighted by Crippen LogP contribution is -2.58. The van der Waals surface area contributed by atoms with Crippen molar-refractivity contribution in [1.29, 1.82) is 0 Å². The molecule has 4 rings (SSSR count). The molecule has 1 spiro atoms. The Kier molecular flexibility index (Phi) is 5.78. The number of methoxy groups -OCH3 is 1. The van der Waals surface area contributed by atoms with Crippen LogP contribution < -0.4 is 14.8 Å². The van der Waals surface area contributed by atoms with Crippen molar-refractivity contribution in [3.05, 3.63) is 23.8 Å². The Balaban J connectivity index is 1.65. The molecule has 1 saturated heterocycles. The van der Waals surface area contributed by atoms with Crippen LogP contribution in [0.5, 0.6) is 11.5 Å². The number of ether oxygens (including phenoxy) is 3. The van der Waals surface area contributed by atoms with Crippen LogP contribution in [0.4, 0.5) is 0 Å². The van der Waals surface area contributed by atoms with Crippen LogP contribution in [0, 0.1) is 22.7 Å². The van der Waals surface area contributed by atoms with E-state index in [9.17, 15) is 4.79 Å². The summed E-state index contributed by atoms with van der Waals surface area (Å²) in [7, 11) is 1.68. The number of rotatable bonds is 7. The molecular weight excluding hydrogens is 378 g/mol. The van der Waals surface area contributed by atoms with Crippen LogP contribution in [0.3, 0.4) is 0 Å². The van der Waals surface area contributed by atoms with Gasteiger partial charge in [0.25, 0.3) is 0 Å². The van der Waals surface area contributed by atoms with Crippen molar-refractivity contribution >= 4 is 5.91 Å². The van der Waals surface area contributed by atoms with Gasteiger partial charge in [0.15, 0.2) is 11.5 Å². The monoisotopic (exact) mass is 415 g/mol. The van der Waals surface area contributed by atoms with Crippen molar-refractivity contribution in [3.63, 3.8) is 0 Å². The van der Waals surface area contributed by atoms with Gasteiger partial charge in [0.2, 0.25) is 5.91 Å². The minimum atomic E-state index is 0.0370. The normalized spacial score (nSPS) is 33.8. The third kappa shape index (κ3) is 3.30. The number of benzene rings is 1. The highest BCUT2D eigenvalue weighted by atomic mass is 16.5. The summed E-state index contributed by atoms with van der Waals surface area (Å²) in [6.07, 6.45) is 4.91. The SMILES string of the molecule is CCCC(=O)N[C@@H]1C(C)(C)[C@@H]2C[C@@H]3[C@@H](c4ccc(OCC)c(OC)c4)OCC[C@@]31C2. The van der Waals surface area contributed by atoms with Gasteiger partial charge >= 0.3 is 0 Å². The second-order valence-electron chi connectivity index (χ2n) is 9.93. The second kappa shape index (κ2) is 8.07. The van der Waals surface area contributed by atoms with E-state index in [1.54, 1.807) is 7.11 Å². The minimum absolute atomic E-state index is 0.0370. The summed E-state index contributed by atoms with van der Waals surface area (Å²) in [4.78, 5) is 12.6. The molecule has 5 atom stereocenters. The van der Waals surface area contributed by atoms with Gasteiger partial charge in [-0.05, 0) is 73.0 Å². The van der Waals surface area contributed by atoms with Gasteiger partial charge in [0, 0.05) is 19.1 Å². The van der Waals surface area contributed by atoms with E-state index in [0.717, 1.165) is 42.9 Å². The third-order valence-corrected chi connectivity index (χ3v) is 8.10. The van der Waals surface area contributed by atoms with E-state index in [1.807, 2.05) is 13.0 Å². The molecule has 3 fully saturated rings. The molecule has 1 N–H and O–H groups in total. The first kappa shape index (κ1) is 21.5. The maximum absolute atomic E-state index is 12.6. The fraction of sp³-hybridized carbons (Fsp3) is 0.720. The van der Waals surface area contributed by atoms with Gasteiger partial charge in [-0.25, -0.2) is 0 Å². The molecule has 2 bridgehead atoms. The van der Waals surface area contributed by atoms with Gasteiger partial charge in [-0.15, -0.1) is 0 Å². The van der Waals surface area contributed by atoms with E-state index >= 15 is 0 Å². The van der Waals surface area contributed by atoms with E-state index < -0.39 is 0 Å². The molecule has 1 amide bonds. The van der Waals surface area contributed by atoms with Crippen molar-refractivity contribution in [2.75, 3.05) is 20.3 Å². The third-order valence-electron chi connectivity index (χ3n) is 8.10.